The van der Waals surface area contributed by atoms with Crippen molar-refractivity contribution in [2.75, 3.05) is 19.0 Å². The fraction of sp³-hybridized carbons (Fsp3) is 0.312. The average Bonchev–Trinajstić information content (AvgIpc) is 3.38. The molecule has 2 aromatic carbocycles. The number of halogens is 1. The molecule has 1 atom stereocenters. The lowest BCUT2D eigenvalue weighted by atomic mass is 9.96. The molecule has 2 heterocycles. The Kier molecular flexibility index (Phi) is 9.42. The third kappa shape index (κ3) is 7.33. The fourth-order valence-corrected chi connectivity index (χ4v) is 4.91. The van der Waals surface area contributed by atoms with Crippen molar-refractivity contribution in [2.45, 2.75) is 52.2 Å². The molecule has 0 bridgehead atoms. The fourth-order valence-electron chi connectivity index (χ4n) is 4.74. The molecule has 0 aliphatic rings. The summed E-state index contributed by atoms with van der Waals surface area (Å²) in [6.07, 6.45) is 1.88. The quantitative estimate of drug-likeness (QED) is 0.169. The summed E-state index contributed by atoms with van der Waals surface area (Å²) in [6.45, 7) is 7.61. The highest BCUT2D eigenvalue weighted by molar-refractivity contribution is 6.31. The first-order chi connectivity index (χ1) is 20.3. The SMILES string of the molecule is CCC(=O)c1ccc(Cl)cc1-c1cc(=O)n(C(CCOC(C)(C)C)C(=O)Nc2ccc3[nH]c(C(=O)O)cc3c2)cc1OC. The molecule has 0 aliphatic carbocycles. The van der Waals surface area contributed by atoms with Crippen LogP contribution in [-0.2, 0) is 9.53 Å². The minimum absolute atomic E-state index is 0.0258. The maximum atomic E-state index is 13.7. The number of aromatic nitrogens is 2. The lowest BCUT2D eigenvalue weighted by Gasteiger charge is -2.24. The van der Waals surface area contributed by atoms with Crippen molar-refractivity contribution >= 4 is 45.9 Å². The van der Waals surface area contributed by atoms with Crippen molar-refractivity contribution < 1.29 is 29.0 Å². The number of carboxylic acid groups (broad SMARTS) is 1. The van der Waals surface area contributed by atoms with E-state index < -0.39 is 29.1 Å². The summed E-state index contributed by atoms with van der Waals surface area (Å²) in [5.41, 5.74) is 1.33. The second kappa shape index (κ2) is 12.8. The van der Waals surface area contributed by atoms with Crippen LogP contribution in [0.4, 0.5) is 5.69 Å². The summed E-state index contributed by atoms with van der Waals surface area (Å²) in [4.78, 5) is 54.2. The van der Waals surface area contributed by atoms with Crippen LogP contribution in [0.5, 0.6) is 5.75 Å². The van der Waals surface area contributed by atoms with Crippen molar-refractivity contribution in [2.24, 2.45) is 0 Å². The predicted molar refractivity (Wildman–Crippen MR) is 166 cm³/mol. The number of methoxy groups -OCH3 is 1. The van der Waals surface area contributed by atoms with Gasteiger partial charge in [-0.15, -0.1) is 0 Å². The van der Waals surface area contributed by atoms with Crippen LogP contribution in [0.25, 0.3) is 22.0 Å². The number of carbonyl (C=O) groups excluding carboxylic acids is 2. The predicted octanol–water partition coefficient (Wildman–Crippen LogP) is 6.33. The maximum absolute atomic E-state index is 13.7. The molecule has 0 fully saturated rings. The van der Waals surface area contributed by atoms with E-state index in [0.29, 0.717) is 38.3 Å². The van der Waals surface area contributed by atoms with Crippen molar-refractivity contribution in [1.82, 2.24) is 9.55 Å². The number of benzene rings is 2. The van der Waals surface area contributed by atoms with Gasteiger partial charge in [-0.05, 0) is 68.8 Å². The number of nitrogens with one attached hydrogen (secondary N) is 2. The molecule has 4 rings (SSSR count). The van der Waals surface area contributed by atoms with Crippen LogP contribution in [0.2, 0.25) is 5.02 Å². The van der Waals surface area contributed by atoms with E-state index in [9.17, 15) is 24.3 Å². The molecule has 2 aromatic heterocycles. The number of amides is 1. The number of ketones is 1. The van der Waals surface area contributed by atoms with Gasteiger partial charge in [0, 0.05) is 58.3 Å². The van der Waals surface area contributed by atoms with Gasteiger partial charge >= 0.3 is 5.97 Å². The third-order valence-electron chi connectivity index (χ3n) is 6.84. The number of carbonyl (C=O) groups is 3. The largest absolute Gasteiger partial charge is 0.495 e. The molecule has 0 aliphatic heterocycles. The van der Waals surface area contributed by atoms with Gasteiger partial charge in [0.15, 0.2) is 5.78 Å². The third-order valence-corrected chi connectivity index (χ3v) is 7.08. The monoisotopic (exact) mass is 607 g/mol. The number of nitrogens with zero attached hydrogens (tertiary/aromatic N) is 1. The number of aromatic carboxylic acids is 1. The van der Waals surface area contributed by atoms with E-state index in [0.717, 1.165) is 0 Å². The number of Topliss-reactive ketones (excluding diaryl/α,β-unsaturated/α-hetero) is 1. The summed E-state index contributed by atoms with van der Waals surface area (Å²) in [5, 5.41) is 13.1. The molecule has 1 amide bonds. The Morgan fingerprint density at radius 2 is 1.81 bits per heavy atom. The molecule has 1 unspecified atom stereocenters. The first-order valence-corrected chi connectivity index (χ1v) is 14.1. The lowest BCUT2D eigenvalue weighted by molar-refractivity contribution is -0.120. The summed E-state index contributed by atoms with van der Waals surface area (Å²) in [7, 11) is 1.44. The van der Waals surface area contributed by atoms with E-state index in [-0.39, 0.29) is 36.7 Å². The molecule has 10 nitrogen and oxygen atoms in total. The summed E-state index contributed by atoms with van der Waals surface area (Å²) in [6, 6.07) is 11.6. The number of hydrogen-bond acceptors (Lipinski definition) is 6. The standard InChI is InChI=1S/C32H34ClN3O7/c1-6-27(37)21-9-7-19(33)15-22(21)23-16-29(38)36(17-28(23)42-5)26(11-12-43-32(2,3)4)30(39)34-20-8-10-24-18(13-20)14-25(35-24)31(40)41/h7-10,13-17,26,35H,6,11-12H2,1-5H3,(H,34,39)(H,40,41). The smallest absolute Gasteiger partial charge is 0.352 e. The van der Waals surface area contributed by atoms with Gasteiger partial charge in [0.2, 0.25) is 5.91 Å². The van der Waals surface area contributed by atoms with Gasteiger partial charge in [0.25, 0.3) is 5.56 Å². The van der Waals surface area contributed by atoms with Crippen molar-refractivity contribution in [3.8, 4) is 16.9 Å². The van der Waals surface area contributed by atoms with Gasteiger partial charge in [-0.3, -0.25) is 19.0 Å². The minimum Gasteiger partial charge on any atom is -0.495 e. The summed E-state index contributed by atoms with van der Waals surface area (Å²) < 4.78 is 12.8. The number of pyridine rings is 1. The highest BCUT2D eigenvalue weighted by atomic mass is 35.5. The molecular weight excluding hydrogens is 574 g/mol. The summed E-state index contributed by atoms with van der Waals surface area (Å²) >= 11 is 6.26. The van der Waals surface area contributed by atoms with Crippen LogP contribution in [0.15, 0.2) is 59.5 Å². The number of ether oxygens (including phenoxy) is 2. The Morgan fingerprint density at radius 3 is 2.47 bits per heavy atom. The number of aromatic amines is 1. The van der Waals surface area contributed by atoms with Gasteiger partial charge in [-0.25, -0.2) is 4.79 Å². The highest BCUT2D eigenvalue weighted by Gasteiger charge is 2.26. The normalized spacial score (nSPS) is 12.2. The van der Waals surface area contributed by atoms with Gasteiger partial charge in [0.1, 0.15) is 17.5 Å². The van der Waals surface area contributed by atoms with E-state index >= 15 is 0 Å². The molecule has 0 spiro atoms. The van der Waals surface area contributed by atoms with Crippen LogP contribution >= 0.6 is 11.6 Å². The highest BCUT2D eigenvalue weighted by Crippen LogP contribution is 2.34. The summed E-state index contributed by atoms with van der Waals surface area (Å²) in [5.74, 6) is -1.42. The molecule has 43 heavy (non-hydrogen) atoms. The zero-order valence-corrected chi connectivity index (χ0v) is 25.4. The first kappa shape index (κ1) is 31.5. The number of fused-ring (bicyclic) bond motifs is 1. The Bertz CT molecular complexity index is 1750. The number of carboxylic acids is 1. The zero-order chi connectivity index (χ0) is 31.5. The lowest BCUT2D eigenvalue weighted by Crippen LogP contribution is -2.34. The van der Waals surface area contributed by atoms with Crippen LogP contribution < -0.4 is 15.6 Å². The second-order valence-corrected chi connectivity index (χ2v) is 11.4. The molecule has 0 radical (unpaired) electrons. The molecule has 226 valence electrons. The van der Waals surface area contributed by atoms with Gasteiger partial charge in [0.05, 0.1) is 18.9 Å². The van der Waals surface area contributed by atoms with Crippen LogP contribution in [-0.4, -0.2) is 51.6 Å². The van der Waals surface area contributed by atoms with Crippen molar-refractivity contribution in [1.29, 1.82) is 0 Å². The number of hydrogen-bond donors (Lipinski definition) is 3. The molecule has 11 heteroatoms. The van der Waals surface area contributed by atoms with Crippen LogP contribution in [0, 0.1) is 0 Å². The molecule has 0 saturated heterocycles. The zero-order valence-electron chi connectivity index (χ0n) is 24.6. The minimum atomic E-state index is -1.10. The topological polar surface area (TPSA) is 140 Å². The van der Waals surface area contributed by atoms with E-state index in [1.165, 1.54) is 30.0 Å². The molecule has 3 N–H and O–H groups in total. The van der Waals surface area contributed by atoms with Crippen molar-refractivity contribution in [3.63, 3.8) is 0 Å². The van der Waals surface area contributed by atoms with Gasteiger partial charge in [-0.2, -0.15) is 0 Å². The Hall–Kier alpha value is -4.41. The number of H-pyrrole nitrogens is 1. The Labute approximate surface area is 253 Å². The Balaban J connectivity index is 1.75. The van der Waals surface area contributed by atoms with E-state index in [1.54, 1.807) is 43.3 Å². The average molecular weight is 608 g/mol. The first-order valence-electron chi connectivity index (χ1n) is 13.8. The van der Waals surface area contributed by atoms with E-state index in [2.05, 4.69) is 10.3 Å². The maximum Gasteiger partial charge on any atom is 0.352 e. The molecule has 0 saturated carbocycles. The van der Waals surface area contributed by atoms with E-state index in [1.807, 2.05) is 20.8 Å². The van der Waals surface area contributed by atoms with Gasteiger partial charge in [-0.1, -0.05) is 18.5 Å². The van der Waals surface area contributed by atoms with Gasteiger partial charge < -0.3 is 24.9 Å². The number of rotatable bonds is 11. The number of anilines is 1. The molecular formula is C32H34ClN3O7. The Morgan fingerprint density at radius 1 is 1.07 bits per heavy atom. The van der Waals surface area contributed by atoms with Crippen molar-refractivity contribution in [3.05, 3.63) is 81.4 Å². The van der Waals surface area contributed by atoms with Crippen LogP contribution in [0.1, 0.15) is 67.4 Å². The second-order valence-electron chi connectivity index (χ2n) is 11.0. The van der Waals surface area contributed by atoms with Crippen LogP contribution in [0.3, 0.4) is 0 Å². The van der Waals surface area contributed by atoms with E-state index in [4.69, 9.17) is 21.1 Å². The molecule has 4 aromatic rings.